The van der Waals surface area contributed by atoms with E-state index in [-0.39, 0.29) is 12.1 Å². The van der Waals surface area contributed by atoms with Crippen LogP contribution in [-0.4, -0.2) is 29.7 Å². The van der Waals surface area contributed by atoms with Crippen LogP contribution in [0.1, 0.15) is 28.4 Å². The van der Waals surface area contributed by atoms with Crippen molar-refractivity contribution in [3.8, 4) is 17.2 Å². The molecule has 1 aliphatic heterocycles. The number of methoxy groups -OCH3 is 2. The molecule has 34 heavy (non-hydrogen) atoms. The number of fused-ring (bicyclic) bond motifs is 3. The minimum Gasteiger partial charge on any atom is -0.493 e. The number of hydrogen-bond donors (Lipinski definition) is 1. The van der Waals surface area contributed by atoms with Gasteiger partial charge in [-0.1, -0.05) is 48.0 Å². The summed E-state index contributed by atoms with van der Waals surface area (Å²) in [5.41, 5.74) is 6.07. The predicted octanol–water partition coefficient (Wildman–Crippen LogP) is 5.94. The molecular formula is C28H27N3O3. The number of benzene rings is 3. The number of aryl methyl sites for hydroxylation is 1. The van der Waals surface area contributed by atoms with Crippen molar-refractivity contribution in [2.45, 2.75) is 19.5 Å². The predicted molar refractivity (Wildman–Crippen MR) is 133 cm³/mol. The summed E-state index contributed by atoms with van der Waals surface area (Å²) in [5.74, 6) is 1.17. The van der Waals surface area contributed by atoms with Gasteiger partial charge in [0.1, 0.15) is 0 Å². The molecule has 6 heteroatoms. The second-order valence-corrected chi connectivity index (χ2v) is 8.37. The Bertz CT molecular complexity index is 1330. The van der Waals surface area contributed by atoms with E-state index in [1.165, 1.54) is 5.56 Å². The van der Waals surface area contributed by atoms with E-state index in [0.717, 1.165) is 22.5 Å². The molecule has 1 N–H and O–H groups in total. The Balaban J connectivity index is 1.58. The molecule has 2 heterocycles. The fourth-order valence-electron chi connectivity index (χ4n) is 4.55. The maximum Gasteiger partial charge on any atom is 0.322 e. The average molecular weight is 454 g/mol. The Morgan fingerprint density at radius 1 is 0.912 bits per heavy atom. The topological polar surface area (TPSA) is 55.7 Å². The maximum absolute atomic E-state index is 13.8. The molecule has 5 rings (SSSR count). The molecule has 1 aromatic heterocycles. The van der Waals surface area contributed by atoms with Gasteiger partial charge in [-0.2, -0.15) is 0 Å². The Hall–Kier alpha value is -4.19. The lowest BCUT2D eigenvalue weighted by Gasteiger charge is -2.31. The van der Waals surface area contributed by atoms with Gasteiger partial charge >= 0.3 is 6.03 Å². The summed E-state index contributed by atoms with van der Waals surface area (Å²) < 4.78 is 12.9. The molecule has 6 nitrogen and oxygen atoms in total. The minimum atomic E-state index is -0.261. The molecule has 0 fully saturated rings. The molecule has 1 atom stereocenters. The zero-order chi connectivity index (χ0) is 23.7. The van der Waals surface area contributed by atoms with Crippen LogP contribution in [0.4, 0.5) is 10.5 Å². The number of hydrogen-bond acceptors (Lipinski definition) is 3. The van der Waals surface area contributed by atoms with E-state index in [0.29, 0.717) is 23.7 Å². The van der Waals surface area contributed by atoms with Gasteiger partial charge in [-0.25, -0.2) is 4.79 Å². The van der Waals surface area contributed by atoms with E-state index < -0.39 is 0 Å². The molecule has 2 amide bonds. The molecule has 172 valence electrons. The Labute approximate surface area is 199 Å². The number of amides is 2. The normalized spacial score (nSPS) is 14.6. The largest absolute Gasteiger partial charge is 0.493 e. The number of para-hydroxylation sites is 1. The number of nitrogens with one attached hydrogen (secondary N) is 1. The van der Waals surface area contributed by atoms with Crippen molar-refractivity contribution in [3.63, 3.8) is 0 Å². The molecule has 3 aromatic carbocycles. The third kappa shape index (κ3) is 3.88. The summed E-state index contributed by atoms with van der Waals surface area (Å²) in [6.45, 7) is 2.53. The van der Waals surface area contributed by atoms with Crippen LogP contribution in [0, 0.1) is 6.92 Å². The number of nitrogens with zero attached hydrogens (tertiary/aromatic N) is 2. The zero-order valence-electron chi connectivity index (χ0n) is 19.5. The molecule has 0 saturated carbocycles. The molecule has 0 aliphatic carbocycles. The van der Waals surface area contributed by atoms with Gasteiger partial charge in [0, 0.05) is 23.6 Å². The number of anilines is 1. The van der Waals surface area contributed by atoms with Gasteiger partial charge in [0.25, 0.3) is 0 Å². The monoisotopic (exact) mass is 453 g/mol. The number of urea groups is 1. The highest BCUT2D eigenvalue weighted by Crippen LogP contribution is 2.37. The van der Waals surface area contributed by atoms with Gasteiger partial charge in [-0.05, 0) is 48.4 Å². The molecule has 0 spiro atoms. The first-order chi connectivity index (χ1) is 16.6. The van der Waals surface area contributed by atoms with Crippen molar-refractivity contribution < 1.29 is 14.3 Å². The molecule has 0 bridgehead atoms. The third-order valence-corrected chi connectivity index (χ3v) is 6.25. The fourth-order valence-corrected chi connectivity index (χ4v) is 4.55. The first kappa shape index (κ1) is 21.6. The SMILES string of the molecule is COc1ccc(NC(=O)N2Cc3ccccc3-n3cccc3[C@@H]2c2ccc(C)cc2)cc1OC. The van der Waals surface area contributed by atoms with Crippen LogP contribution in [0.5, 0.6) is 11.5 Å². The summed E-state index contributed by atoms with van der Waals surface area (Å²) in [6.07, 6.45) is 2.06. The van der Waals surface area contributed by atoms with Crippen molar-refractivity contribution in [1.82, 2.24) is 9.47 Å². The standard InChI is InChI=1S/C28H27N3O3/c1-19-10-12-20(13-11-19)27-24-9-6-16-30(24)23-8-5-4-7-21(23)18-31(27)28(32)29-22-14-15-25(33-2)26(17-22)34-3/h4-17,27H,18H2,1-3H3,(H,29,32)/t27-/m0/s1. The van der Waals surface area contributed by atoms with Gasteiger partial charge in [0.05, 0.1) is 32.5 Å². The minimum absolute atomic E-state index is 0.192. The third-order valence-electron chi connectivity index (χ3n) is 6.25. The lowest BCUT2D eigenvalue weighted by Crippen LogP contribution is -2.37. The first-order valence-corrected chi connectivity index (χ1v) is 11.2. The lowest BCUT2D eigenvalue weighted by molar-refractivity contribution is 0.194. The number of carbonyl (C=O) groups is 1. The quantitative estimate of drug-likeness (QED) is 0.416. The van der Waals surface area contributed by atoms with Gasteiger partial charge in [-0.15, -0.1) is 0 Å². The second-order valence-electron chi connectivity index (χ2n) is 8.37. The van der Waals surface area contributed by atoms with Crippen molar-refractivity contribution in [1.29, 1.82) is 0 Å². The summed E-state index contributed by atoms with van der Waals surface area (Å²) in [4.78, 5) is 15.7. The first-order valence-electron chi connectivity index (χ1n) is 11.2. The molecule has 4 aromatic rings. The van der Waals surface area contributed by atoms with Gasteiger partial charge < -0.3 is 24.3 Å². The average Bonchev–Trinajstić information content (AvgIpc) is 3.29. The van der Waals surface area contributed by atoms with Crippen molar-refractivity contribution in [2.75, 3.05) is 19.5 Å². The summed E-state index contributed by atoms with van der Waals surface area (Å²) in [7, 11) is 3.17. The van der Waals surface area contributed by atoms with E-state index in [4.69, 9.17) is 9.47 Å². The molecule has 0 unspecified atom stereocenters. The highest BCUT2D eigenvalue weighted by molar-refractivity contribution is 5.90. The number of carbonyl (C=O) groups excluding carboxylic acids is 1. The van der Waals surface area contributed by atoms with E-state index in [9.17, 15) is 4.79 Å². The zero-order valence-corrected chi connectivity index (χ0v) is 19.5. The molecule has 0 radical (unpaired) electrons. The number of ether oxygens (including phenoxy) is 2. The Morgan fingerprint density at radius 2 is 1.68 bits per heavy atom. The molecule has 1 aliphatic rings. The smallest absolute Gasteiger partial charge is 0.322 e. The van der Waals surface area contributed by atoms with Crippen LogP contribution in [0.2, 0.25) is 0 Å². The van der Waals surface area contributed by atoms with Crippen LogP contribution in [0.15, 0.2) is 85.1 Å². The number of rotatable bonds is 4. The summed E-state index contributed by atoms with van der Waals surface area (Å²) in [5, 5.41) is 3.07. The van der Waals surface area contributed by atoms with Crippen LogP contribution >= 0.6 is 0 Å². The highest BCUT2D eigenvalue weighted by Gasteiger charge is 2.33. The van der Waals surface area contributed by atoms with Crippen LogP contribution in [-0.2, 0) is 6.54 Å². The Morgan fingerprint density at radius 3 is 2.44 bits per heavy atom. The maximum atomic E-state index is 13.8. The van der Waals surface area contributed by atoms with Crippen molar-refractivity contribution >= 4 is 11.7 Å². The van der Waals surface area contributed by atoms with E-state index in [1.54, 1.807) is 26.4 Å². The fraction of sp³-hybridized carbons (Fsp3) is 0.179. The lowest BCUT2D eigenvalue weighted by atomic mass is 10.0. The summed E-state index contributed by atoms with van der Waals surface area (Å²) >= 11 is 0. The Kier molecular flexibility index (Phi) is 5.72. The number of aromatic nitrogens is 1. The molecular weight excluding hydrogens is 426 g/mol. The van der Waals surface area contributed by atoms with E-state index >= 15 is 0 Å². The van der Waals surface area contributed by atoms with Gasteiger partial charge in [0.15, 0.2) is 11.5 Å². The van der Waals surface area contributed by atoms with Crippen LogP contribution in [0.3, 0.4) is 0 Å². The molecule has 0 saturated heterocycles. The highest BCUT2D eigenvalue weighted by atomic mass is 16.5. The van der Waals surface area contributed by atoms with Crippen LogP contribution < -0.4 is 14.8 Å². The van der Waals surface area contributed by atoms with Crippen molar-refractivity contribution in [3.05, 3.63) is 107 Å². The van der Waals surface area contributed by atoms with Crippen molar-refractivity contribution in [2.24, 2.45) is 0 Å². The van der Waals surface area contributed by atoms with E-state index in [1.807, 2.05) is 29.2 Å². The van der Waals surface area contributed by atoms with E-state index in [2.05, 4.69) is 65.5 Å². The second kappa shape index (κ2) is 8.98. The summed E-state index contributed by atoms with van der Waals surface area (Å²) in [6, 6.07) is 25.6. The van der Waals surface area contributed by atoms with Gasteiger partial charge in [0.2, 0.25) is 0 Å². The van der Waals surface area contributed by atoms with Crippen LogP contribution in [0.25, 0.3) is 5.69 Å². The van der Waals surface area contributed by atoms with Gasteiger partial charge in [-0.3, -0.25) is 0 Å².